The minimum Gasteiger partial charge on any atom is -0.493 e. The van der Waals surface area contributed by atoms with Gasteiger partial charge in [-0.05, 0) is 43.6 Å². The summed E-state index contributed by atoms with van der Waals surface area (Å²) in [5.74, 6) is 3.65. The number of nitrogens with one attached hydrogen (secondary N) is 2. The fourth-order valence-electron chi connectivity index (χ4n) is 2.69. The molecule has 1 aromatic carbocycles. The minimum atomic E-state index is 0. The van der Waals surface area contributed by atoms with Gasteiger partial charge in [0.2, 0.25) is 0 Å². The number of hydrogen-bond acceptors (Lipinski definition) is 2. The normalized spacial score (nSPS) is 17.1. The average molecular weight is 443 g/mol. The molecule has 0 heterocycles. The third-order valence-electron chi connectivity index (χ3n) is 4.59. The van der Waals surface area contributed by atoms with E-state index in [1.54, 1.807) is 0 Å². The molecule has 0 aromatic heterocycles. The lowest BCUT2D eigenvalue weighted by Gasteiger charge is -2.14. The van der Waals surface area contributed by atoms with Crippen LogP contribution in [0, 0.1) is 11.8 Å². The fourth-order valence-corrected chi connectivity index (χ4v) is 2.69. The predicted octanol–water partition coefficient (Wildman–Crippen LogP) is 3.95. The maximum atomic E-state index is 5.96. The van der Waals surface area contributed by atoms with Crippen LogP contribution in [0.1, 0.15) is 44.1 Å². The second-order valence-corrected chi connectivity index (χ2v) is 6.80. The second-order valence-electron chi connectivity index (χ2n) is 6.80. The first-order valence-corrected chi connectivity index (χ1v) is 9.00. The topological polar surface area (TPSA) is 45.7 Å². The van der Waals surface area contributed by atoms with Gasteiger partial charge in [-0.3, -0.25) is 4.99 Å². The summed E-state index contributed by atoms with van der Waals surface area (Å²) in [6.45, 7) is 2.59. The van der Waals surface area contributed by atoms with Crippen LogP contribution in [0.15, 0.2) is 29.3 Å². The summed E-state index contributed by atoms with van der Waals surface area (Å²) in [6.07, 6.45) is 8.08. The lowest BCUT2D eigenvalue weighted by Crippen LogP contribution is -2.37. The number of guanidine groups is 1. The maximum Gasteiger partial charge on any atom is 0.191 e. The molecule has 0 bridgehead atoms. The van der Waals surface area contributed by atoms with Gasteiger partial charge in [0.25, 0.3) is 0 Å². The summed E-state index contributed by atoms with van der Waals surface area (Å²) in [7, 11) is 1.83. The Kier molecular flexibility index (Phi) is 8.15. The van der Waals surface area contributed by atoms with Crippen LogP contribution in [-0.2, 0) is 6.54 Å². The quantitative estimate of drug-likeness (QED) is 0.263. The molecular formula is C19H30IN3O. The highest BCUT2D eigenvalue weighted by atomic mass is 127. The van der Waals surface area contributed by atoms with Crippen LogP contribution in [0.2, 0.25) is 0 Å². The van der Waals surface area contributed by atoms with E-state index < -0.39 is 0 Å². The van der Waals surface area contributed by atoms with Gasteiger partial charge in [-0.15, -0.1) is 24.0 Å². The Balaban J connectivity index is 0.00000208. The molecule has 0 atom stereocenters. The summed E-state index contributed by atoms with van der Waals surface area (Å²) in [5, 5.41) is 6.79. The van der Waals surface area contributed by atoms with Crippen LogP contribution in [0.25, 0.3) is 0 Å². The molecule has 5 heteroatoms. The van der Waals surface area contributed by atoms with Crippen molar-refractivity contribution in [2.45, 2.75) is 45.1 Å². The zero-order valence-electron chi connectivity index (χ0n) is 14.6. The molecule has 0 spiro atoms. The number of rotatable bonds is 9. The van der Waals surface area contributed by atoms with Gasteiger partial charge in [0.05, 0.1) is 6.61 Å². The van der Waals surface area contributed by atoms with Crippen LogP contribution < -0.4 is 15.4 Å². The molecule has 0 saturated heterocycles. The fraction of sp³-hybridized carbons (Fsp3) is 0.632. The van der Waals surface area contributed by atoms with Crippen molar-refractivity contribution in [1.82, 2.24) is 10.6 Å². The van der Waals surface area contributed by atoms with E-state index in [0.29, 0.717) is 0 Å². The molecule has 2 aliphatic rings. The van der Waals surface area contributed by atoms with Crippen molar-refractivity contribution in [3.8, 4) is 5.75 Å². The smallest absolute Gasteiger partial charge is 0.191 e. The number of benzene rings is 1. The van der Waals surface area contributed by atoms with Crippen molar-refractivity contribution >= 4 is 29.9 Å². The predicted molar refractivity (Wildman–Crippen MR) is 110 cm³/mol. The van der Waals surface area contributed by atoms with E-state index in [9.17, 15) is 0 Å². The van der Waals surface area contributed by atoms with Gasteiger partial charge in [0, 0.05) is 25.7 Å². The van der Waals surface area contributed by atoms with E-state index in [1.807, 2.05) is 13.1 Å². The maximum absolute atomic E-state index is 5.96. The lowest BCUT2D eigenvalue weighted by atomic mass is 10.2. The van der Waals surface area contributed by atoms with Gasteiger partial charge in [-0.1, -0.05) is 31.0 Å². The van der Waals surface area contributed by atoms with Crippen LogP contribution in [-0.4, -0.2) is 26.2 Å². The molecule has 24 heavy (non-hydrogen) atoms. The summed E-state index contributed by atoms with van der Waals surface area (Å²) in [6, 6.07) is 8.28. The first kappa shape index (κ1) is 19.3. The number of para-hydroxylation sites is 1. The van der Waals surface area contributed by atoms with Crippen molar-refractivity contribution in [1.29, 1.82) is 0 Å². The highest BCUT2D eigenvalue weighted by Crippen LogP contribution is 2.33. The number of hydrogen-bond donors (Lipinski definition) is 2. The van der Waals surface area contributed by atoms with Crippen LogP contribution >= 0.6 is 24.0 Å². The molecule has 2 N–H and O–H groups in total. The summed E-state index contributed by atoms with van der Waals surface area (Å²) < 4.78 is 5.96. The van der Waals surface area contributed by atoms with Gasteiger partial charge in [-0.25, -0.2) is 0 Å². The Labute approximate surface area is 162 Å². The van der Waals surface area contributed by atoms with Crippen molar-refractivity contribution in [2.75, 3.05) is 20.2 Å². The third-order valence-corrected chi connectivity index (χ3v) is 4.59. The standard InChI is InChI=1S/C19H29N3O.HI/c1-20-19(21-12-4-5-15-8-9-15)22-13-17-6-2-3-7-18(17)23-14-16-10-11-16;/h2-3,6-7,15-16H,4-5,8-14H2,1H3,(H2,20,21,22);1H. The molecule has 1 aromatic rings. The first-order chi connectivity index (χ1) is 11.3. The minimum absolute atomic E-state index is 0. The zero-order chi connectivity index (χ0) is 15.9. The Hall–Kier alpha value is -0.980. The van der Waals surface area contributed by atoms with Gasteiger partial charge < -0.3 is 15.4 Å². The molecule has 0 radical (unpaired) electrons. The molecule has 134 valence electrons. The molecule has 3 rings (SSSR count). The summed E-state index contributed by atoms with van der Waals surface area (Å²) in [4.78, 5) is 4.30. The van der Waals surface area contributed by atoms with E-state index in [1.165, 1.54) is 44.1 Å². The second kappa shape index (κ2) is 10.1. The number of ether oxygens (including phenoxy) is 1. The molecule has 0 unspecified atom stereocenters. The molecule has 0 aliphatic heterocycles. The van der Waals surface area contributed by atoms with Gasteiger partial charge in [-0.2, -0.15) is 0 Å². The molecule has 0 amide bonds. The molecule has 4 nitrogen and oxygen atoms in total. The molecule has 2 saturated carbocycles. The Bertz CT molecular complexity index is 527. The van der Waals surface area contributed by atoms with E-state index in [4.69, 9.17) is 4.74 Å². The van der Waals surface area contributed by atoms with Gasteiger partial charge >= 0.3 is 0 Å². The largest absolute Gasteiger partial charge is 0.493 e. The van der Waals surface area contributed by atoms with Crippen molar-refractivity contribution in [2.24, 2.45) is 16.8 Å². The molecule has 2 aliphatic carbocycles. The monoisotopic (exact) mass is 443 g/mol. The number of aliphatic imine (C=N–C) groups is 1. The van der Waals surface area contributed by atoms with Crippen LogP contribution in [0.3, 0.4) is 0 Å². The van der Waals surface area contributed by atoms with Gasteiger partial charge in [0.15, 0.2) is 5.96 Å². The Morgan fingerprint density at radius 3 is 2.58 bits per heavy atom. The highest BCUT2D eigenvalue weighted by Gasteiger charge is 2.22. The average Bonchev–Trinajstić information content (AvgIpc) is 3.47. The number of nitrogens with zero attached hydrogens (tertiary/aromatic N) is 1. The third kappa shape index (κ3) is 6.87. The molecule has 2 fully saturated rings. The van der Waals surface area contributed by atoms with Crippen molar-refractivity contribution in [3.05, 3.63) is 29.8 Å². The van der Waals surface area contributed by atoms with E-state index in [2.05, 4.69) is 33.8 Å². The summed E-state index contributed by atoms with van der Waals surface area (Å²) >= 11 is 0. The Morgan fingerprint density at radius 2 is 1.88 bits per heavy atom. The lowest BCUT2D eigenvalue weighted by molar-refractivity contribution is 0.296. The summed E-state index contributed by atoms with van der Waals surface area (Å²) in [5.41, 5.74) is 1.19. The van der Waals surface area contributed by atoms with Crippen molar-refractivity contribution < 1.29 is 4.74 Å². The van der Waals surface area contributed by atoms with Crippen LogP contribution in [0.4, 0.5) is 0 Å². The number of halogens is 1. The zero-order valence-corrected chi connectivity index (χ0v) is 16.9. The Morgan fingerprint density at radius 1 is 1.12 bits per heavy atom. The first-order valence-electron chi connectivity index (χ1n) is 9.00. The van der Waals surface area contributed by atoms with Gasteiger partial charge in [0.1, 0.15) is 5.75 Å². The van der Waals surface area contributed by atoms with Crippen molar-refractivity contribution in [3.63, 3.8) is 0 Å². The van der Waals surface area contributed by atoms with E-state index in [0.717, 1.165) is 43.2 Å². The highest BCUT2D eigenvalue weighted by molar-refractivity contribution is 14.0. The van der Waals surface area contributed by atoms with E-state index in [-0.39, 0.29) is 24.0 Å². The van der Waals surface area contributed by atoms with E-state index >= 15 is 0 Å². The molecular weight excluding hydrogens is 413 g/mol. The van der Waals surface area contributed by atoms with Crippen LogP contribution in [0.5, 0.6) is 5.75 Å². The SMILES string of the molecule is CN=C(NCCCC1CC1)NCc1ccccc1OCC1CC1.I.